The Morgan fingerprint density at radius 1 is 0.810 bits per heavy atom. The van der Waals surface area contributed by atoms with E-state index in [1.54, 1.807) is 0 Å². The van der Waals surface area contributed by atoms with Crippen LogP contribution in [0, 0.1) is 0 Å². The Morgan fingerprint density at radius 2 is 1.33 bits per heavy atom. The van der Waals surface area contributed by atoms with Crippen molar-refractivity contribution >= 4 is 0 Å². The number of hydrogen-bond acceptors (Lipinski definition) is 1. The molecule has 1 heteroatoms. The summed E-state index contributed by atoms with van der Waals surface area (Å²) in [6, 6.07) is 17.1. The van der Waals surface area contributed by atoms with E-state index in [1.165, 1.54) is 16.7 Å². The fourth-order valence-corrected chi connectivity index (χ4v) is 2.51. The number of aryl methyl sites for hydroxylation is 2. The molecule has 0 saturated heterocycles. The van der Waals surface area contributed by atoms with Gasteiger partial charge >= 0.3 is 0 Å². The molecule has 0 aromatic heterocycles. The number of aliphatic hydroxyl groups is 1. The van der Waals surface area contributed by atoms with Crippen molar-refractivity contribution in [1.29, 1.82) is 0 Å². The molecule has 112 valence electrons. The minimum Gasteiger partial charge on any atom is -0.388 e. The van der Waals surface area contributed by atoms with Crippen molar-refractivity contribution < 1.29 is 5.11 Å². The van der Waals surface area contributed by atoms with Crippen molar-refractivity contribution in [2.75, 3.05) is 0 Å². The van der Waals surface area contributed by atoms with Gasteiger partial charge in [-0.15, -0.1) is 0 Å². The maximum absolute atomic E-state index is 10.3. The number of rotatable bonds is 6. The van der Waals surface area contributed by atoms with E-state index in [0.29, 0.717) is 5.92 Å². The fourth-order valence-electron chi connectivity index (χ4n) is 2.51. The maximum atomic E-state index is 10.3. The van der Waals surface area contributed by atoms with E-state index in [9.17, 15) is 5.11 Å². The molecule has 0 aliphatic carbocycles. The molecule has 0 fully saturated rings. The molecular weight excluding hydrogens is 256 g/mol. The van der Waals surface area contributed by atoms with Gasteiger partial charge in [0.1, 0.15) is 0 Å². The van der Waals surface area contributed by atoms with Gasteiger partial charge in [-0.05, 0) is 47.4 Å². The second kappa shape index (κ2) is 7.42. The summed E-state index contributed by atoms with van der Waals surface area (Å²) in [5.41, 5.74) is 5.00. The summed E-state index contributed by atoms with van der Waals surface area (Å²) in [4.78, 5) is 0. The molecule has 2 rings (SSSR count). The Morgan fingerprint density at radius 3 is 1.86 bits per heavy atom. The minimum atomic E-state index is -0.374. The third-order valence-electron chi connectivity index (χ3n) is 4.13. The molecule has 0 aliphatic heterocycles. The lowest BCUT2D eigenvalue weighted by Crippen LogP contribution is -2.00. The van der Waals surface area contributed by atoms with Crippen molar-refractivity contribution in [3.05, 3.63) is 70.8 Å². The topological polar surface area (TPSA) is 20.2 Å². The Balaban J connectivity index is 1.92. The molecule has 0 heterocycles. The summed E-state index contributed by atoms with van der Waals surface area (Å²) < 4.78 is 0. The number of benzene rings is 2. The molecule has 1 nitrogen and oxygen atoms in total. The maximum Gasteiger partial charge on any atom is 0.0793 e. The molecule has 2 aromatic rings. The SMILES string of the molecule is CCc1ccc(C(O)CCc2ccc(C(C)C)cc2)cc1. The van der Waals surface area contributed by atoms with E-state index in [0.717, 1.165) is 24.8 Å². The van der Waals surface area contributed by atoms with E-state index in [2.05, 4.69) is 57.2 Å². The summed E-state index contributed by atoms with van der Waals surface area (Å²) in [5.74, 6) is 0.571. The zero-order chi connectivity index (χ0) is 15.2. The molecule has 0 saturated carbocycles. The Hall–Kier alpha value is -1.60. The molecule has 0 spiro atoms. The van der Waals surface area contributed by atoms with Crippen molar-refractivity contribution in [1.82, 2.24) is 0 Å². The highest BCUT2D eigenvalue weighted by molar-refractivity contribution is 5.26. The number of aliphatic hydroxyl groups excluding tert-OH is 1. The molecule has 1 N–H and O–H groups in total. The molecule has 0 amide bonds. The van der Waals surface area contributed by atoms with Crippen LogP contribution >= 0.6 is 0 Å². The monoisotopic (exact) mass is 282 g/mol. The lowest BCUT2D eigenvalue weighted by Gasteiger charge is -2.12. The lowest BCUT2D eigenvalue weighted by atomic mass is 9.97. The summed E-state index contributed by atoms with van der Waals surface area (Å²) in [7, 11) is 0. The van der Waals surface area contributed by atoms with Crippen LogP contribution in [0.3, 0.4) is 0 Å². The third-order valence-corrected chi connectivity index (χ3v) is 4.13. The quantitative estimate of drug-likeness (QED) is 0.787. The van der Waals surface area contributed by atoms with Gasteiger partial charge in [0.05, 0.1) is 6.10 Å². The molecule has 0 radical (unpaired) electrons. The van der Waals surface area contributed by atoms with Crippen molar-refractivity contribution in [3.63, 3.8) is 0 Å². The Kier molecular flexibility index (Phi) is 5.58. The molecule has 2 aromatic carbocycles. The average Bonchev–Trinajstić information content (AvgIpc) is 2.53. The van der Waals surface area contributed by atoms with E-state index in [-0.39, 0.29) is 6.10 Å². The molecule has 0 bridgehead atoms. The predicted molar refractivity (Wildman–Crippen MR) is 89.6 cm³/mol. The molecule has 21 heavy (non-hydrogen) atoms. The summed E-state index contributed by atoms with van der Waals surface area (Å²) in [6.07, 6.45) is 2.35. The first kappa shape index (κ1) is 15.8. The van der Waals surface area contributed by atoms with Crippen LogP contribution in [0.5, 0.6) is 0 Å². The first-order chi connectivity index (χ1) is 10.1. The van der Waals surface area contributed by atoms with Crippen LogP contribution in [0.2, 0.25) is 0 Å². The van der Waals surface area contributed by atoms with Crippen LogP contribution in [0.25, 0.3) is 0 Å². The Bertz CT molecular complexity index is 537. The second-order valence-electron chi connectivity index (χ2n) is 6.05. The van der Waals surface area contributed by atoms with Gasteiger partial charge in [-0.2, -0.15) is 0 Å². The van der Waals surface area contributed by atoms with E-state index >= 15 is 0 Å². The van der Waals surface area contributed by atoms with Crippen LogP contribution in [0.15, 0.2) is 48.5 Å². The molecule has 1 atom stereocenters. The minimum absolute atomic E-state index is 0.374. The standard InChI is InChI=1S/C20H26O/c1-4-16-5-12-19(13-6-16)20(21)14-9-17-7-10-18(11-8-17)15(2)3/h5-8,10-13,15,20-21H,4,9,14H2,1-3H3. The molecule has 1 unspecified atom stereocenters. The Labute approximate surface area is 128 Å². The van der Waals surface area contributed by atoms with Crippen LogP contribution in [0.1, 0.15) is 61.5 Å². The van der Waals surface area contributed by atoms with Gasteiger partial charge in [0.2, 0.25) is 0 Å². The van der Waals surface area contributed by atoms with Crippen LogP contribution in [0.4, 0.5) is 0 Å². The zero-order valence-corrected chi connectivity index (χ0v) is 13.3. The summed E-state index contributed by atoms with van der Waals surface area (Å²) in [6.45, 7) is 6.56. The smallest absolute Gasteiger partial charge is 0.0793 e. The third kappa shape index (κ3) is 4.44. The zero-order valence-electron chi connectivity index (χ0n) is 13.3. The van der Waals surface area contributed by atoms with Crippen molar-refractivity contribution in [2.45, 2.75) is 52.1 Å². The van der Waals surface area contributed by atoms with E-state index in [1.807, 2.05) is 12.1 Å². The van der Waals surface area contributed by atoms with Crippen LogP contribution < -0.4 is 0 Å². The first-order valence-corrected chi connectivity index (χ1v) is 7.96. The van der Waals surface area contributed by atoms with E-state index in [4.69, 9.17) is 0 Å². The second-order valence-corrected chi connectivity index (χ2v) is 6.05. The van der Waals surface area contributed by atoms with Gasteiger partial charge in [0, 0.05) is 0 Å². The predicted octanol–water partition coefficient (Wildman–Crippen LogP) is 5.04. The van der Waals surface area contributed by atoms with Crippen LogP contribution in [-0.4, -0.2) is 5.11 Å². The van der Waals surface area contributed by atoms with Gasteiger partial charge < -0.3 is 5.11 Å². The van der Waals surface area contributed by atoms with Gasteiger partial charge in [0.15, 0.2) is 0 Å². The summed E-state index contributed by atoms with van der Waals surface area (Å²) >= 11 is 0. The van der Waals surface area contributed by atoms with E-state index < -0.39 is 0 Å². The lowest BCUT2D eigenvalue weighted by molar-refractivity contribution is 0.168. The summed E-state index contributed by atoms with van der Waals surface area (Å²) in [5, 5.41) is 10.3. The highest BCUT2D eigenvalue weighted by Gasteiger charge is 2.08. The molecule has 0 aliphatic rings. The highest BCUT2D eigenvalue weighted by Crippen LogP contribution is 2.21. The highest BCUT2D eigenvalue weighted by atomic mass is 16.3. The normalized spacial score (nSPS) is 12.6. The van der Waals surface area contributed by atoms with Gasteiger partial charge in [-0.3, -0.25) is 0 Å². The molecular formula is C20H26O. The van der Waals surface area contributed by atoms with Gasteiger partial charge in [0.25, 0.3) is 0 Å². The largest absolute Gasteiger partial charge is 0.388 e. The van der Waals surface area contributed by atoms with Crippen molar-refractivity contribution in [3.8, 4) is 0 Å². The number of hydrogen-bond donors (Lipinski definition) is 1. The van der Waals surface area contributed by atoms with Crippen molar-refractivity contribution in [2.24, 2.45) is 0 Å². The first-order valence-electron chi connectivity index (χ1n) is 7.96. The van der Waals surface area contributed by atoms with Gasteiger partial charge in [-0.25, -0.2) is 0 Å². The average molecular weight is 282 g/mol. The van der Waals surface area contributed by atoms with Crippen LogP contribution in [-0.2, 0) is 12.8 Å². The van der Waals surface area contributed by atoms with Gasteiger partial charge in [-0.1, -0.05) is 69.3 Å². The fraction of sp³-hybridized carbons (Fsp3) is 0.400.